The molecular formula is C21H19ClN6O5S. The number of hydrogen-bond acceptors (Lipinski definition) is 10. The lowest BCUT2D eigenvalue weighted by atomic mass is 9.67. The van der Waals surface area contributed by atoms with Crippen molar-refractivity contribution in [1.82, 2.24) is 25.8 Å². The minimum Gasteiger partial charge on any atom is -0.372 e. The molecule has 0 radical (unpaired) electrons. The van der Waals surface area contributed by atoms with Crippen LogP contribution in [0, 0.1) is 12.3 Å². The number of aromatic nitrogens is 3. The number of fused-ring (bicyclic) bond motifs is 5. The topological polar surface area (TPSA) is 140 Å². The van der Waals surface area contributed by atoms with Gasteiger partial charge in [-0.3, -0.25) is 20.2 Å². The predicted octanol–water partition coefficient (Wildman–Crippen LogP) is 2.20. The van der Waals surface area contributed by atoms with Gasteiger partial charge in [-0.1, -0.05) is 16.8 Å². The molecule has 3 aliphatic rings. The number of nitrogens with zero attached hydrogens (tertiary/aromatic N) is 4. The summed E-state index contributed by atoms with van der Waals surface area (Å²) in [4.78, 5) is 49.6. The van der Waals surface area contributed by atoms with Crippen molar-refractivity contribution in [3.8, 4) is 10.7 Å². The lowest BCUT2D eigenvalue weighted by Crippen LogP contribution is -2.75. The molecule has 0 unspecified atom stereocenters. The van der Waals surface area contributed by atoms with Crippen LogP contribution in [0.3, 0.4) is 0 Å². The number of halogens is 1. The Hall–Kier alpha value is -3.09. The second-order valence-corrected chi connectivity index (χ2v) is 10.1. The van der Waals surface area contributed by atoms with Gasteiger partial charge in [0, 0.05) is 24.0 Å². The fourth-order valence-electron chi connectivity index (χ4n) is 5.36. The molecule has 3 atom stereocenters. The third-order valence-electron chi connectivity index (χ3n) is 6.60. The smallest absolute Gasteiger partial charge is 0.328 e. The molecule has 6 rings (SSSR count). The summed E-state index contributed by atoms with van der Waals surface area (Å²) in [5.41, 5.74) is 1.34. The number of anilines is 1. The number of thiazole rings is 1. The highest BCUT2D eigenvalue weighted by Gasteiger charge is 2.63. The zero-order valence-electron chi connectivity index (χ0n) is 18.3. The van der Waals surface area contributed by atoms with E-state index in [1.807, 2.05) is 24.1 Å². The molecule has 0 aromatic carbocycles. The Morgan fingerprint density at radius 2 is 1.94 bits per heavy atom. The van der Waals surface area contributed by atoms with Crippen molar-refractivity contribution in [2.24, 2.45) is 5.41 Å². The van der Waals surface area contributed by atoms with Crippen molar-refractivity contribution < 1.29 is 23.6 Å². The van der Waals surface area contributed by atoms with Gasteiger partial charge < -0.3 is 14.2 Å². The van der Waals surface area contributed by atoms with E-state index in [-0.39, 0.29) is 12.5 Å². The summed E-state index contributed by atoms with van der Waals surface area (Å²) < 4.78 is 11.6. The Labute approximate surface area is 201 Å². The molecule has 3 aromatic rings. The van der Waals surface area contributed by atoms with Crippen LogP contribution in [0.2, 0.25) is 5.02 Å². The van der Waals surface area contributed by atoms with E-state index in [2.05, 4.69) is 20.8 Å². The van der Waals surface area contributed by atoms with Crippen LogP contribution in [0.15, 0.2) is 9.90 Å². The van der Waals surface area contributed by atoms with E-state index in [4.69, 9.17) is 25.8 Å². The van der Waals surface area contributed by atoms with Gasteiger partial charge in [0.1, 0.15) is 15.5 Å². The Morgan fingerprint density at radius 1 is 1.21 bits per heavy atom. The maximum absolute atomic E-state index is 13.3. The SMILES string of the molecule is Cc1csc(-c2noc3c(Cl)c4c(nc23)CC2(C(=O)NC(=O)NC2=O)[C@H]2[C@H](C)O[C@H](C)CN42)n1. The number of barbiturate groups is 1. The standard InChI is InChI=1S/C21H19ClN6O5S/c1-7-6-34-17(23-7)13-12-15(33-27-13)11(22)14-10(24-12)4-21(18(29)25-20(31)26-19(21)30)16-9(3)32-8(2)5-28(14)16/h6,8-9,16H,4-5H2,1-3H3,(H2,25,26,29,30,31)/t8-,9+,16-/m1/s1. The molecule has 176 valence electrons. The van der Waals surface area contributed by atoms with Crippen LogP contribution in [0.4, 0.5) is 10.5 Å². The summed E-state index contributed by atoms with van der Waals surface area (Å²) in [6, 6.07) is -1.57. The van der Waals surface area contributed by atoms with E-state index in [9.17, 15) is 14.4 Å². The fourth-order valence-corrected chi connectivity index (χ4v) is 6.48. The van der Waals surface area contributed by atoms with Gasteiger partial charge in [-0.15, -0.1) is 11.3 Å². The normalized spacial score (nSPS) is 25.8. The maximum Gasteiger partial charge on any atom is 0.328 e. The monoisotopic (exact) mass is 502 g/mol. The third kappa shape index (κ3) is 2.79. The molecule has 34 heavy (non-hydrogen) atoms. The number of carbonyl (C=O) groups is 3. The number of ether oxygens (including phenoxy) is 1. The van der Waals surface area contributed by atoms with Crippen molar-refractivity contribution in [1.29, 1.82) is 0 Å². The highest BCUT2D eigenvalue weighted by molar-refractivity contribution is 7.13. The Balaban J connectivity index is 1.60. The van der Waals surface area contributed by atoms with Crippen LogP contribution in [-0.4, -0.2) is 57.8 Å². The molecule has 2 saturated heterocycles. The molecule has 2 N–H and O–H groups in total. The minimum absolute atomic E-state index is 0.0757. The first-order valence-electron chi connectivity index (χ1n) is 10.7. The quantitative estimate of drug-likeness (QED) is 0.479. The predicted molar refractivity (Wildman–Crippen MR) is 122 cm³/mol. The van der Waals surface area contributed by atoms with E-state index in [0.717, 1.165) is 5.69 Å². The molecule has 0 aliphatic carbocycles. The molecule has 3 aromatic heterocycles. The van der Waals surface area contributed by atoms with E-state index < -0.39 is 35.4 Å². The number of imide groups is 2. The number of hydrogen-bond donors (Lipinski definition) is 2. The number of nitrogens with one attached hydrogen (secondary N) is 2. The fraction of sp³-hybridized carbons (Fsp3) is 0.429. The van der Waals surface area contributed by atoms with Gasteiger partial charge in [-0.2, -0.15) is 0 Å². The zero-order valence-corrected chi connectivity index (χ0v) is 19.9. The van der Waals surface area contributed by atoms with Crippen LogP contribution < -0.4 is 15.5 Å². The summed E-state index contributed by atoms with van der Waals surface area (Å²) in [5.74, 6) is -1.38. The molecule has 1 spiro atoms. The summed E-state index contributed by atoms with van der Waals surface area (Å²) in [5, 5.41) is 11.5. The molecule has 3 aliphatic heterocycles. The zero-order chi connectivity index (χ0) is 23.9. The highest BCUT2D eigenvalue weighted by Crippen LogP contribution is 2.50. The van der Waals surface area contributed by atoms with Gasteiger partial charge >= 0.3 is 6.03 Å². The second-order valence-electron chi connectivity index (χ2n) is 8.86. The number of aryl methyl sites for hydroxylation is 1. The van der Waals surface area contributed by atoms with Gasteiger partial charge in [-0.25, -0.2) is 14.8 Å². The maximum atomic E-state index is 13.3. The van der Waals surface area contributed by atoms with Crippen LogP contribution >= 0.6 is 22.9 Å². The van der Waals surface area contributed by atoms with Gasteiger partial charge in [0.15, 0.2) is 11.1 Å². The van der Waals surface area contributed by atoms with Crippen molar-refractivity contribution in [3.63, 3.8) is 0 Å². The summed E-state index contributed by atoms with van der Waals surface area (Å²) in [6.45, 7) is 5.93. The first kappa shape index (κ1) is 21.4. The number of morpholine rings is 1. The molecule has 0 saturated carbocycles. The number of pyridine rings is 1. The van der Waals surface area contributed by atoms with Crippen molar-refractivity contribution >= 4 is 57.6 Å². The molecule has 13 heteroatoms. The first-order chi connectivity index (χ1) is 16.2. The minimum atomic E-state index is -1.64. The number of rotatable bonds is 1. The first-order valence-corrected chi connectivity index (χ1v) is 12.0. The Kier molecular flexibility index (Phi) is 4.54. The molecular weight excluding hydrogens is 484 g/mol. The van der Waals surface area contributed by atoms with E-state index in [0.29, 0.717) is 44.7 Å². The van der Waals surface area contributed by atoms with Gasteiger partial charge in [0.25, 0.3) is 0 Å². The van der Waals surface area contributed by atoms with Gasteiger partial charge in [0.2, 0.25) is 17.4 Å². The van der Waals surface area contributed by atoms with Crippen LogP contribution in [-0.2, 0) is 20.7 Å². The van der Waals surface area contributed by atoms with Crippen molar-refractivity contribution in [3.05, 3.63) is 21.8 Å². The molecule has 4 amide bonds. The number of amides is 4. The molecule has 6 heterocycles. The van der Waals surface area contributed by atoms with Crippen LogP contribution in [0.25, 0.3) is 21.8 Å². The van der Waals surface area contributed by atoms with E-state index in [1.165, 1.54) is 11.3 Å². The summed E-state index contributed by atoms with van der Waals surface area (Å²) >= 11 is 8.27. The summed E-state index contributed by atoms with van der Waals surface area (Å²) in [7, 11) is 0. The van der Waals surface area contributed by atoms with Gasteiger partial charge in [-0.05, 0) is 20.8 Å². The lowest BCUT2D eigenvalue weighted by molar-refractivity contribution is -0.153. The lowest BCUT2D eigenvalue weighted by Gasteiger charge is -2.55. The summed E-state index contributed by atoms with van der Waals surface area (Å²) in [6.07, 6.45) is -0.800. The average molecular weight is 503 g/mol. The second kappa shape index (κ2) is 7.20. The average Bonchev–Trinajstić information content (AvgIpc) is 3.37. The third-order valence-corrected chi connectivity index (χ3v) is 7.92. The number of carbonyl (C=O) groups excluding carboxylic acids is 3. The van der Waals surface area contributed by atoms with Gasteiger partial charge in [0.05, 0.1) is 29.6 Å². The largest absolute Gasteiger partial charge is 0.372 e. The van der Waals surface area contributed by atoms with Crippen LogP contribution in [0.1, 0.15) is 25.2 Å². The van der Waals surface area contributed by atoms with Crippen LogP contribution in [0.5, 0.6) is 0 Å². The molecule has 2 fully saturated rings. The van der Waals surface area contributed by atoms with E-state index >= 15 is 0 Å². The number of urea groups is 1. The molecule has 11 nitrogen and oxygen atoms in total. The van der Waals surface area contributed by atoms with Crippen molar-refractivity contribution in [2.45, 2.75) is 45.4 Å². The Bertz CT molecular complexity index is 1380. The van der Waals surface area contributed by atoms with E-state index in [1.54, 1.807) is 6.92 Å². The molecule has 0 bridgehead atoms. The highest BCUT2D eigenvalue weighted by atomic mass is 35.5. The van der Waals surface area contributed by atoms with Crippen molar-refractivity contribution in [2.75, 3.05) is 11.4 Å². The Morgan fingerprint density at radius 3 is 2.62 bits per heavy atom.